The second kappa shape index (κ2) is 7.97. The molecule has 0 spiro atoms. The van der Waals surface area contributed by atoms with E-state index in [4.69, 9.17) is 19.9 Å². The Labute approximate surface area is 198 Å². The SMILES string of the molecule is Nc1nccc2c1n(-c1ccc(Oc3ccc4c(c3)OCO4)cc1)c(=O)n2[C@@H]1CCN(C(=O)O)C1. The molecule has 2 aromatic carbocycles. The van der Waals surface area contributed by atoms with E-state index in [0.717, 1.165) is 0 Å². The third kappa shape index (κ3) is 3.48. The van der Waals surface area contributed by atoms with Gasteiger partial charge in [0.15, 0.2) is 11.5 Å². The molecule has 6 rings (SSSR count). The van der Waals surface area contributed by atoms with E-state index in [2.05, 4.69) is 4.98 Å². The Morgan fingerprint density at radius 2 is 1.86 bits per heavy atom. The molecule has 0 bridgehead atoms. The van der Waals surface area contributed by atoms with E-state index < -0.39 is 6.09 Å². The van der Waals surface area contributed by atoms with Crippen LogP contribution in [0.4, 0.5) is 10.6 Å². The number of pyridine rings is 1. The van der Waals surface area contributed by atoms with Gasteiger partial charge in [0.05, 0.1) is 17.2 Å². The highest BCUT2D eigenvalue weighted by atomic mass is 16.7. The lowest BCUT2D eigenvalue weighted by Crippen LogP contribution is -2.31. The van der Waals surface area contributed by atoms with Crippen LogP contribution in [0.2, 0.25) is 0 Å². The Balaban J connectivity index is 1.36. The molecule has 4 heterocycles. The summed E-state index contributed by atoms with van der Waals surface area (Å²) in [4.78, 5) is 30.5. The van der Waals surface area contributed by atoms with Gasteiger partial charge in [-0.25, -0.2) is 14.6 Å². The highest BCUT2D eigenvalue weighted by Crippen LogP contribution is 2.37. The van der Waals surface area contributed by atoms with Crippen LogP contribution >= 0.6 is 0 Å². The number of carbonyl (C=O) groups is 1. The Morgan fingerprint density at radius 3 is 2.63 bits per heavy atom. The smallest absolute Gasteiger partial charge is 0.407 e. The first-order valence-electron chi connectivity index (χ1n) is 11.0. The van der Waals surface area contributed by atoms with Crippen LogP contribution in [0.5, 0.6) is 23.0 Å². The summed E-state index contributed by atoms with van der Waals surface area (Å²) in [6, 6.07) is 13.8. The van der Waals surface area contributed by atoms with E-state index >= 15 is 0 Å². The van der Waals surface area contributed by atoms with Crippen molar-refractivity contribution in [2.24, 2.45) is 0 Å². The number of rotatable bonds is 4. The molecule has 11 heteroatoms. The van der Waals surface area contributed by atoms with Crippen LogP contribution in [-0.4, -0.2) is 50.1 Å². The average Bonchev–Trinajstić information content (AvgIpc) is 3.57. The predicted molar refractivity (Wildman–Crippen MR) is 126 cm³/mol. The zero-order valence-corrected chi connectivity index (χ0v) is 18.5. The molecule has 1 fully saturated rings. The number of benzene rings is 2. The third-order valence-corrected chi connectivity index (χ3v) is 6.29. The van der Waals surface area contributed by atoms with E-state index in [0.29, 0.717) is 52.7 Å². The fourth-order valence-electron chi connectivity index (χ4n) is 4.65. The average molecular weight is 475 g/mol. The van der Waals surface area contributed by atoms with Crippen molar-refractivity contribution in [2.45, 2.75) is 12.5 Å². The Morgan fingerprint density at radius 1 is 1.09 bits per heavy atom. The summed E-state index contributed by atoms with van der Waals surface area (Å²) in [6.45, 7) is 0.785. The lowest BCUT2D eigenvalue weighted by atomic mass is 10.2. The Bertz CT molecular complexity index is 1510. The van der Waals surface area contributed by atoms with Crippen LogP contribution in [0.1, 0.15) is 12.5 Å². The number of fused-ring (bicyclic) bond motifs is 2. The van der Waals surface area contributed by atoms with Gasteiger partial charge in [-0.05, 0) is 48.9 Å². The number of amides is 1. The molecule has 1 amide bonds. The van der Waals surface area contributed by atoms with Crippen molar-refractivity contribution in [3.05, 3.63) is 65.2 Å². The van der Waals surface area contributed by atoms with Gasteiger partial charge in [0.1, 0.15) is 22.8 Å². The lowest BCUT2D eigenvalue weighted by molar-refractivity contribution is 0.154. The maximum Gasteiger partial charge on any atom is 0.407 e. The number of nitrogens with two attached hydrogens (primary N) is 1. The molecule has 0 unspecified atom stereocenters. The number of ether oxygens (including phenoxy) is 3. The molecule has 4 aromatic rings. The molecule has 0 aliphatic carbocycles. The van der Waals surface area contributed by atoms with E-state index in [1.165, 1.54) is 9.47 Å². The zero-order valence-electron chi connectivity index (χ0n) is 18.5. The molecule has 1 atom stereocenters. The van der Waals surface area contributed by atoms with Crippen molar-refractivity contribution in [3.63, 3.8) is 0 Å². The quantitative estimate of drug-likeness (QED) is 0.460. The topological polar surface area (TPSA) is 134 Å². The number of anilines is 1. The second-order valence-corrected chi connectivity index (χ2v) is 8.33. The van der Waals surface area contributed by atoms with E-state index in [1.54, 1.807) is 59.3 Å². The molecule has 3 N–H and O–H groups in total. The van der Waals surface area contributed by atoms with Gasteiger partial charge in [0.25, 0.3) is 0 Å². The number of carboxylic acid groups (broad SMARTS) is 1. The van der Waals surface area contributed by atoms with Crippen LogP contribution in [0.25, 0.3) is 16.7 Å². The van der Waals surface area contributed by atoms with Crippen LogP contribution in [0, 0.1) is 0 Å². The first-order chi connectivity index (χ1) is 17.0. The number of likely N-dealkylation sites (tertiary alicyclic amines) is 1. The van der Waals surface area contributed by atoms with Crippen LogP contribution in [0.3, 0.4) is 0 Å². The minimum atomic E-state index is -0.997. The highest BCUT2D eigenvalue weighted by Gasteiger charge is 2.31. The summed E-state index contributed by atoms with van der Waals surface area (Å²) >= 11 is 0. The predicted octanol–water partition coefficient (Wildman–Crippen LogP) is 3.22. The minimum Gasteiger partial charge on any atom is -0.465 e. The molecule has 2 aliphatic rings. The molecule has 0 saturated carbocycles. The van der Waals surface area contributed by atoms with Crippen LogP contribution in [0.15, 0.2) is 59.5 Å². The molecule has 1 saturated heterocycles. The van der Waals surface area contributed by atoms with Gasteiger partial charge < -0.3 is 30.0 Å². The van der Waals surface area contributed by atoms with E-state index in [1.807, 2.05) is 0 Å². The van der Waals surface area contributed by atoms with Crippen molar-refractivity contribution in [2.75, 3.05) is 25.6 Å². The molecule has 11 nitrogen and oxygen atoms in total. The van der Waals surface area contributed by atoms with E-state index in [-0.39, 0.29) is 30.9 Å². The van der Waals surface area contributed by atoms with Crippen molar-refractivity contribution in [1.82, 2.24) is 19.0 Å². The molecular weight excluding hydrogens is 454 g/mol. The lowest BCUT2D eigenvalue weighted by Gasteiger charge is -2.13. The maximum absolute atomic E-state index is 13.6. The van der Waals surface area contributed by atoms with E-state index in [9.17, 15) is 14.7 Å². The number of imidazole rings is 1. The van der Waals surface area contributed by atoms with Gasteiger partial charge in [-0.3, -0.25) is 9.13 Å². The van der Waals surface area contributed by atoms with Gasteiger partial charge in [0.2, 0.25) is 6.79 Å². The normalized spacial score (nSPS) is 16.7. The van der Waals surface area contributed by atoms with Gasteiger partial charge in [-0.1, -0.05) is 0 Å². The Hall–Kier alpha value is -4.67. The fraction of sp³-hybridized carbons (Fsp3) is 0.208. The summed E-state index contributed by atoms with van der Waals surface area (Å²) in [5, 5.41) is 9.34. The summed E-state index contributed by atoms with van der Waals surface area (Å²) < 4.78 is 19.8. The first-order valence-corrected chi connectivity index (χ1v) is 11.0. The van der Waals surface area contributed by atoms with Crippen molar-refractivity contribution < 1.29 is 24.1 Å². The van der Waals surface area contributed by atoms with Gasteiger partial charge in [-0.15, -0.1) is 0 Å². The van der Waals surface area contributed by atoms with Crippen molar-refractivity contribution >= 4 is 22.9 Å². The number of hydrogen-bond acceptors (Lipinski definition) is 7. The number of nitrogens with zero attached hydrogens (tertiary/aromatic N) is 4. The largest absolute Gasteiger partial charge is 0.465 e. The molecular formula is C24H21N5O6. The minimum absolute atomic E-state index is 0.184. The number of nitrogen functional groups attached to an aromatic ring is 1. The van der Waals surface area contributed by atoms with Crippen LogP contribution < -0.4 is 25.6 Å². The second-order valence-electron chi connectivity index (χ2n) is 8.33. The van der Waals surface area contributed by atoms with Gasteiger partial charge in [0, 0.05) is 25.4 Å². The van der Waals surface area contributed by atoms with Crippen LogP contribution in [-0.2, 0) is 0 Å². The first kappa shape index (κ1) is 20.9. The summed E-state index contributed by atoms with van der Waals surface area (Å²) in [5.41, 5.74) is 7.57. The monoisotopic (exact) mass is 475 g/mol. The number of hydrogen-bond donors (Lipinski definition) is 2. The number of aromatic nitrogens is 3. The summed E-state index contributed by atoms with van der Waals surface area (Å²) in [7, 11) is 0. The van der Waals surface area contributed by atoms with Gasteiger partial charge in [-0.2, -0.15) is 0 Å². The molecule has 35 heavy (non-hydrogen) atoms. The maximum atomic E-state index is 13.6. The molecule has 178 valence electrons. The summed E-state index contributed by atoms with van der Waals surface area (Å²) in [6.07, 6.45) is 1.09. The Kier molecular flexibility index (Phi) is 4.76. The standard InChI is InChI=1S/C24H21N5O6/c25-22-21-18(7-9-26-22)28(15-8-10-27(12-15)24(31)32)23(30)29(21)14-1-3-16(4-2-14)35-17-5-6-19-20(11-17)34-13-33-19/h1-7,9,11,15H,8,10,12-13H2,(H2,25,26)(H,31,32)/t15-/m1/s1. The van der Waals surface area contributed by atoms with Crippen molar-refractivity contribution in [1.29, 1.82) is 0 Å². The van der Waals surface area contributed by atoms with Gasteiger partial charge >= 0.3 is 11.8 Å². The molecule has 2 aromatic heterocycles. The molecule has 0 radical (unpaired) electrons. The highest BCUT2D eigenvalue weighted by molar-refractivity contribution is 5.87. The van der Waals surface area contributed by atoms with Crippen molar-refractivity contribution in [3.8, 4) is 28.7 Å². The zero-order chi connectivity index (χ0) is 24.1. The molecule has 2 aliphatic heterocycles. The third-order valence-electron chi connectivity index (χ3n) is 6.29. The summed E-state index contributed by atoms with van der Waals surface area (Å²) in [5.74, 6) is 2.67. The fourth-order valence-corrected chi connectivity index (χ4v) is 4.65.